The summed E-state index contributed by atoms with van der Waals surface area (Å²) in [5.41, 5.74) is 4.85. The van der Waals surface area contributed by atoms with Gasteiger partial charge in [-0.05, 0) is 50.1 Å². The molecule has 0 aliphatic heterocycles. The number of nitrogens with zero attached hydrogens (tertiary/aromatic N) is 4. The van der Waals surface area contributed by atoms with E-state index in [2.05, 4.69) is 15.6 Å². The second-order valence-electron chi connectivity index (χ2n) is 6.67. The topological polar surface area (TPSA) is 100 Å². The Labute approximate surface area is 178 Å². The normalized spacial score (nSPS) is 10.8. The predicted molar refractivity (Wildman–Crippen MR) is 115 cm³/mol. The number of benzene rings is 2. The number of carbonyl (C=O) groups excluding carboxylic acids is 1. The minimum Gasteiger partial charge on any atom is -0.266 e. The molecule has 1 aromatic heterocycles. The first-order chi connectivity index (χ1) is 14.3. The van der Waals surface area contributed by atoms with Gasteiger partial charge in [-0.2, -0.15) is 20.1 Å². The SMILES string of the molecule is Cc1ccc(-n2nc(C(=O)N/N=C/c3ccccc3Cl)c(C)c(C#N)c2=O)cc1C. The van der Waals surface area contributed by atoms with Gasteiger partial charge in [0, 0.05) is 16.1 Å². The fourth-order valence-electron chi connectivity index (χ4n) is 2.78. The van der Waals surface area contributed by atoms with Crippen LogP contribution >= 0.6 is 11.6 Å². The lowest BCUT2D eigenvalue weighted by Gasteiger charge is -2.11. The van der Waals surface area contributed by atoms with Gasteiger partial charge in [0.25, 0.3) is 11.5 Å². The van der Waals surface area contributed by atoms with Crippen molar-refractivity contribution in [1.82, 2.24) is 15.2 Å². The van der Waals surface area contributed by atoms with E-state index in [1.54, 1.807) is 36.4 Å². The summed E-state index contributed by atoms with van der Waals surface area (Å²) in [7, 11) is 0. The van der Waals surface area contributed by atoms with E-state index in [0.29, 0.717) is 16.3 Å². The third-order valence-electron chi connectivity index (χ3n) is 4.67. The molecular weight excluding hydrogens is 402 g/mol. The molecular formula is C22H18ClN5O2. The van der Waals surface area contributed by atoms with Crippen molar-refractivity contribution in [3.63, 3.8) is 0 Å². The number of hydrazone groups is 1. The average molecular weight is 420 g/mol. The minimum absolute atomic E-state index is 0.0688. The number of halogens is 1. The molecule has 3 rings (SSSR count). The van der Waals surface area contributed by atoms with Crippen LogP contribution in [-0.2, 0) is 0 Å². The zero-order chi connectivity index (χ0) is 21.8. The molecule has 0 atom stereocenters. The third kappa shape index (κ3) is 4.14. The first-order valence-corrected chi connectivity index (χ1v) is 9.41. The van der Waals surface area contributed by atoms with Crippen molar-refractivity contribution in [3.8, 4) is 11.8 Å². The highest BCUT2D eigenvalue weighted by atomic mass is 35.5. The quantitative estimate of drug-likeness (QED) is 0.517. The Kier molecular flexibility index (Phi) is 6.09. The second kappa shape index (κ2) is 8.72. The van der Waals surface area contributed by atoms with E-state index in [-0.39, 0.29) is 16.8 Å². The molecule has 1 heterocycles. The van der Waals surface area contributed by atoms with Gasteiger partial charge in [0.15, 0.2) is 5.69 Å². The van der Waals surface area contributed by atoms with Crippen molar-refractivity contribution in [2.45, 2.75) is 20.8 Å². The second-order valence-corrected chi connectivity index (χ2v) is 7.07. The molecule has 1 amide bonds. The van der Waals surface area contributed by atoms with Crippen LogP contribution in [0.1, 0.15) is 38.3 Å². The summed E-state index contributed by atoms with van der Waals surface area (Å²) in [6.07, 6.45) is 1.40. The summed E-state index contributed by atoms with van der Waals surface area (Å²) >= 11 is 6.06. The van der Waals surface area contributed by atoms with Crippen molar-refractivity contribution in [2.75, 3.05) is 0 Å². The number of amides is 1. The smallest absolute Gasteiger partial charge is 0.266 e. The Hall–Kier alpha value is -3.76. The Bertz CT molecular complexity index is 1270. The summed E-state index contributed by atoms with van der Waals surface area (Å²) in [5.74, 6) is -0.648. The van der Waals surface area contributed by atoms with Crippen LogP contribution in [0.5, 0.6) is 0 Å². The molecule has 2 aromatic carbocycles. The van der Waals surface area contributed by atoms with Crippen molar-refractivity contribution in [1.29, 1.82) is 5.26 Å². The van der Waals surface area contributed by atoms with Crippen LogP contribution in [0.4, 0.5) is 0 Å². The van der Waals surface area contributed by atoms with Gasteiger partial charge in [-0.1, -0.05) is 35.9 Å². The summed E-state index contributed by atoms with van der Waals surface area (Å²) in [4.78, 5) is 25.4. The van der Waals surface area contributed by atoms with Gasteiger partial charge in [-0.3, -0.25) is 9.59 Å². The minimum atomic E-state index is -0.648. The third-order valence-corrected chi connectivity index (χ3v) is 5.02. The average Bonchev–Trinajstić information content (AvgIpc) is 2.72. The monoisotopic (exact) mass is 419 g/mol. The van der Waals surface area contributed by atoms with Crippen LogP contribution in [-0.4, -0.2) is 21.9 Å². The van der Waals surface area contributed by atoms with E-state index in [1.165, 1.54) is 13.1 Å². The standard InChI is InChI=1S/C22H18ClN5O2/c1-13-8-9-17(10-14(13)2)28-22(30)18(11-24)15(3)20(27-28)21(29)26-25-12-16-6-4-5-7-19(16)23/h4-10,12H,1-3H3,(H,26,29)/b25-12+. The molecule has 0 unspecified atom stereocenters. The van der Waals surface area contributed by atoms with Crippen molar-refractivity contribution in [2.24, 2.45) is 5.10 Å². The maximum Gasteiger partial charge on any atom is 0.292 e. The number of aryl methyl sites for hydroxylation is 2. The Morgan fingerprint density at radius 1 is 1.20 bits per heavy atom. The number of nitriles is 1. The van der Waals surface area contributed by atoms with Crippen LogP contribution < -0.4 is 11.0 Å². The van der Waals surface area contributed by atoms with Crippen molar-refractivity contribution in [3.05, 3.63) is 91.4 Å². The molecule has 1 N–H and O–H groups in total. The fourth-order valence-corrected chi connectivity index (χ4v) is 2.96. The molecule has 0 saturated carbocycles. The van der Waals surface area contributed by atoms with Gasteiger partial charge in [-0.15, -0.1) is 0 Å². The van der Waals surface area contributed by atoms with Gasteiger partial charge in [0.05, 0.1) is 11.9 Å². The van der Waals surface area contributed by atoms with Gasteiger partial charge >= 0.3 is 0 Å². The van der Waals surface area contributed by atoms with Crippen LogP contribution in [0, 0.1) is 32.1 Å². The summed E-state index contributed by atoms with van der Waals surface area (Å²) < 4.78 is 1.06. The first kappa shape index (κ1) is 21.0. The van der Waals surface area contributed by atoms with Crippen LogP contribution in [0.3, 0.4) is 0 Å². The van der Waals surface area contributed by atoms with E-state index in [0.717, 1.165) is 15.8 Å². The summed E-state index contributed by atoms with van der Waals surface area (Å²) in [6.45, 7) is 5.35. The Morgan fingerprint density at radius 3 is 2.60 bits per heavy atom. The predicted octanol–water partition coefficient (Wildman–Crippen LogP) is 3.45. The number of hydrogen-bond donors (Lipinski definition) is 1. The highest BCUT2D eigenvalue weighted by Gasteiger charge is 2.20. The molecule has 0 saturated heterocycles. The van der Waals surface area contributed by atoms with Gasteiger partial charge in [-0.25, -0.2) is 5.43 Å². The van der Waals surface area contributed by atoms with Crippen molar-refractivity contribution >= 4 is 23.7 Å². The zero-order valence-electron chi connectivity index (χ0n) is 16.6. The Balaban J connectivity index is 2.01. The number of aromatic nitrogens is 2. The molecule has 0 radical (unpaired) electrons. The molecule has 3 aromatic rings. The first-order valence-electron chi connectivity index (χ1n) is 9.03. The lowest BCUT2D eigenvalue weighted by atomic mass is 10.1. The maximum absolute atomic E-state index is 12.7. The summed E-state index contributed by atoms with van der Waals surface area (Å²) in [5, 5.41) is 18.1. The molecule has 7 nitrogen and oxygen atoms in total. The summed E-state index contributed by atoms with van der Waals surface area (Å²) in [6, 6.07) is 14.2. The molecule has 8 heteroatoms. The van der Waals surface area contributed by atoms with Crippen molar-refractivity contribution < 1.29 is 4.79 Å². The molecule has 0 spiro atoms. The van der Waals surface area contributed by atoms with Crippen LogP contribution in [0.25, 0.3) is 5.69 Å². The molecule has 0 bridgehead atoms. The lowest BCUT2D eigenvalue weighted by molar-refractivity contribution is 0.0947. The van der Waals surface area contributed by atoms with E-state index >= 15 is 0 Å². The molecule has 0 aliphatic carbocycles. The number of rotatable bonds is 4. The highest BCUT2D eigenvalue weighted by molar-refractivity contribution is 6.33. The zero-order valence-corrected chi connectivity index (χ0v) is 17.4. The Morgan fingerprint density at radius 2 is 1.93 bits per heavy atom. The van der Waals surface area contributed by atoms with E-state index in [9.17, 15) is 14.9 Å². The molecule has 30 heavy (non-hydrogen) atoms. The molecule has 0 fully saturated rings. The van der Waals surface area contributed by atoms with Gasteiger partial charge in [0.1, 0.15) is 11.6 Å². The van der Waals surface area contributed by atoms with Crippen LogP contribution in [0.2, 0.25) is 5.02 Å². The largest absolute Gasteiger partial charge is 0.292 e. The van der Waals surface area contributed by atoms with Crippen LogP contribution in [0.15, 0.2) is 52.4 Å². The van der Waals surface area contributed by atoms with E-state index < -0.39 is 11.5 Å². The number of carbonyl (C=O) groups is 1. The molecule has 0 aliphatic rings. The molecule has 150 valence electrons. The maximum atomic E-state index is 12.7. The fraction of sp³-hybridized carbons (Fsp3) is 0.136. The highest BCUT2D eigenvalue weighted by Crippen LogP contribution is 2.15. The van der Waals surface area contributed by atoms with E-state index in [1.807, 2.05) is 26.0 Å². The number of hydrogen-bond acceptors (Lipinski definition) is 5. The van der Waals surface area contributed by atoms with Gasteiger partial charge < -0.3 is 0 Å². The van der Waals surface area contributed by atoms with Gasteiger partial charge in [0.2, 0.25) is 0 Å². The number of nitrogens with one attached hydrogen (secondary N) is 1. The van der Waals surface area contributed by atoms with E-state index in [4.69, 9.17) is 11.6 Å². The lowest BCUT2D eigenvalue weighted by Crippen LogP contribution is -2.31.